The van der Waals surface area contributed by atoms with E-state index in [0.717, 1.165) is 17.9 Å². The Morgan fingerprint density at radius 1 is 1.42 bits per heavy atom. The molecule has 0 saturated carbocycles. The second kappa shape index (κ2) is 6.06. The van der Waals surface area contributed by atoms with E-state index in [1.165, 1.54) is 0 Å². The summed E-state index contributed by atoms with van der Waals surface area (Å²) in [5, 5.41) is 9.12. The standard InChI is InChI=1S/C15H21NO3/c1-3-11(2)19-14-6-4-13(5-7-14)16-9-12(10-17)8-15(16)18/h4-7,11-12,17H,3,8-10H2,1-2H3. The maximum absolute atomic E-state index is 11.8. The molecule has 0 bridgehead atoms. The molecule has 4 heteroatoms. The number of anilines is 1. The lowest BCUT2D eigenvalue weighted by molar-refractivity contribution is -0.117. The topological polar surface area (TPSA) is 49.8 Å². The Hall–Kier alpha value is -1.55. The summed E-state index contributed by atoms with van der Waals surface area (Å²) in [5.74, 6) is 0.960. The van der Waals surface area contributed by atoms with Gasteiger partial charge in [-0.25, -0.2) is 0 Å². The van der Waals surface area contributed by atoms with Crippen molar-refractivity contribution in [3.63, 3.8) is 0 Å². The second-order valence-corrected chi connectivity index (χ2v) is 5.09. The van der Waals surface area contributed by atoms with E-state index in [1.54, 1.807) is 4.90 Å². The van der Waals surface area contributed by atoms with Crippen molar-refractivity contribution in [3.05, 3.63) is 24.3 Å². The molecule has 1 N–H and O–H groups in total. The third-order valence-electron chi connectivity index (χ3n) is 3.52. The zero-order valence-corrected chi connectivity index (χ0v) is 11.5. The molecule has 2 rings (SSSR count). The Labute approximate surface area is 114 Å². The molecule has 1 aliphatic heterocycles. The summed E-state index contributed by atoms with van der Waals surface area (Å²) in [6.07, 6.45) is 1.59. The molecule has 1 aromatic carbocycles. The number of ether oxygens (including phenoxy) is 1. The maximum Gasteiger partial charge on any atom is 0.227 e. The number of aliphatic hydroxyl groups excluding tert-OH is 1. The van der Waals surface area contributed by atoms with Crippen molar-refractivity contribution < 1.29 is 14.6 Å². The molecule has 4 nitrogen and oxygen atoms in total. The van der Waals surface area contributed by atoms with Crippen molar-refractivity contribution in [1.29, 1.82) is 0 Å². The van der Waals surface area contributed by atoms with Crippen molar-refractivity contribution in [1.82, 2.24) is 0 Å². The van der Waals surface area contributed by atoms with Crippen molar-refractivity contribution in [3.8, 4) is 5.75 Å². The van der Waals surface area contributed by atoms with E-state index in [-0.39, 0.29) is 24.5 Å². The van der Waals surface area contributed by atoms with E-state index in [1.807, 2.05) is 31.2 Å². The van der Waals surface area contributed by atoms with E-state index in [4.69, 9.17) is 9.84 Å². The maximum atomic E-state index is 11.8. The van der Waals surface area contributed by atoms with E-state index >= 15 is 0 Å². The first kappa shape index (κ1) is 13.9. The highest BCUT2D eigenvalue weighted by molar-refractivity contribution is 5.95. The summed E-state index contributed by atoms with van der Waals surface area (Å²) in [7, 11) is 0. The van der Waals surface area contributed by atoms with E-state index in [9.17, 15) is 4.79 Å². The number of aliphatic hydroxyl groups is 1. The molecule has 19 heavy (non-hydrogen) atoms. The SMILES string of the molecule is CCC(C)Oc1ccc(N2CC(CO)CC2=O)cc1. The molecule has 1 amide bonds. The van der Waals surface area contributed by atoms with Crippen LogP contribution in [0.15, 0.2) is 24.3 Å². The van der Waals surface area contributed by atoms with E-state index in [2.05, 4.69) is 6.92 Å². The van der Waals surface area contributed by atoms with Crippen molar-refractivity contribution in [2.24, 2.45) is 5.92 Å². The van der Waals surface area contributed by atoms with Gasteiger partial charge in [0.25, 0.3) is 0 Å². The van der Waals surface area contributed by atoms with Gasteiger partial charge in [-0.2, -0.15) is 0 Å². The summed E-state index contributed by atoms with van der Waals surface area (Å²) in [5.41, 5.74) is 0.873. The van der Waals surface area contributed by atoms with Gasteiger partial charge in [-0.1, -0.05) is 6.92 Å². The minimum Gasteiger partial charge on any atom is -0.491 e. The predicted octanol–water partition coefficient (Wildman–Crippen LogP) is 2.21. The smallest absolute Gasteiger partial charge is 0.227 e. The molecule has 1 saturated heterocycles. The number of hydrogen-bond donors (Lipinski definition) is 1. The number of carbonyl (C=O) groups excluding carboxylic acids is 1. The first-order valence-corrected chi connectivity index (χ1v) is 6.82. The fourth-order valence-electron chi connectivity index (χ4n) is 2.17. The minimum absolute atomic E-state index is 0.0588. The van der Waals surface area contributed by atoms with Gasteiger partial charge in [-0.15, -0.1) is 0 Å². The second-order valence-electron chi connectivity index (χ2n) is 5.09. The van der Waals surface area contributed by atoms with E-state index in [0.29, 0.717) is 13.0 Å². The largest absolute Gasteiger partial charge is 0.491 e. The molecule has 104 valence electrons. The highest BCUT2D eigenvalue weighted by Crippen LogP contribution is 2.26. The van der Waals surface area contributed by atoms with Crippen LogP contribution in [0.1, 0.15) is 26.7 Å². The van der Waals surface area contributed by atoms with E-state index < -0.39 is 0 Å². The van der Waals surface area contributed by atoms with Crippen LogP contribution in [0.25, 0.3) is 0 Å². The Bertz CT molecular complexity index is 430. The molecule has 0 aromatic heterocycles. The Morgan fingerprint density at radius 2 is 2.11 bits per heavy atom. The van der Waals surface area contributed by atoms with Crippen LogP contribution < -0.4 is 9.64 Å². The molecule has 2 atom stereocenters. The molecular weight excluding hydrogens is 242 g/mol. The molecule has 1 aliphatic rings. The fourth-order valence-corrected chi connectivity index (χ4v) is 2.17. The summed E-state index contributed by atoms with van der Waals surface area (Å²) in [6, 6.07) is 7.58. The Balaban J connectivity index is 2.04. The Kier molecular flexibility index (Phi) is 4.43. The van der Waals surface area contributed by atoms with Crippen molar-refractivity contribution in [2.45, 2.75) is 32.8 Å². The summed E-state index contributed by atoms with van der Waals surface area (Å²) in [4.78, 5) is 13.6. The van der Waals surface area contributed by atoms with Gasteiger partial charge < -0.3 is 14.7 Å². The van der Waals surface area contributed by atoms with Crippen LogP contribution >= 0.6 is 0 Å². The van der Waals surface area contributed by atoms with Crippen LogP contribution in [0.3, 0.4) is 0 Å². The average molecular weight is 263 g/mol. The van der Waals surface area contributed by atoms with Gasteiger partial charge in [-0.05, 0) is 37.6 Å². The fraction of sp³-hybridized carbons (Fsp3) is 0.533. The number of rotatable bonds is 5. The Morgan fingerprint density at radius 3 is 2.63 bits per heavy atom. The summed E-state index contributed by atoms with van der Waals surface area (Å²) < 4.78 is 5.71. The molecule has 1 heterocycles. The van der Waals surface area contributed by atoms with Crippen LogP contribution in [0, 0.1) is 5.92 Å². The lowest BCUT2D eigenvalue weighted by atomic mass is 10.1. The predicted molar refractivity (Wildman–Crippen MR) is 74.4 cm³/mol. The van der Waals surface area contributed by atoms with Crippen LogP contribution in [-0.4, -0.2) is 30.3 Å². The van der Waals surface area contributed by atoms with Gasteiger partial charge in [0.2, 0.25) is 5.91 Å². The third-order valence-corrected chi connectivity index (χ3v) is 3.52. The lowest BCUT2D eigenvalue weighted by Gasteiger charge is -2.18. The van der Waals surface area contributed by atoms with Crippen LogP contribution in [0.2, 0.25) is 0 Å². The molecular formula is C15H21NO3. The zero-order chi connectivity index (χ0) is 13.8. The number of benzene rings is 1. The zero-order valence-electron chi connectivity index (χ0n) is 11.5. The molecule has 0 spiro atoms. The van der Waals surface area contributed by atoms with Crippen molar-refractivity contribution >= 4 is 11.6 Å². The first-order valence-electron chi connectivity index (χ1n) is 6.82. The van der Waals surface area contributed by atoms with Gasteiger partial charge in [0.05, 0.1) is 6.10 Å². The molecule has 2 unspecified atom stereocenters. The van der Waals surface area contributed by atoms with Crippen LogP contribution in [0.5, 0.6) is 5.75 Å². The average Bonchev–Trinajstić information content (AvgIpc) is 2.81. The molecule has 1 aromatic rings. The van der Waals surface area contributed by atoms with Crippen LogP contribution in [-0.2, 0) is 4.79 Å². The molecule has 0 aliphatic carbocycles. The third kappa shape index (κ3) is 3.26. The van der Waals surface area contributed by atoms with Crippen molar-refractivity contribution in [2.75, 3.05) is 18.1 Å². The van der Waals surface area contributed by atoms with Gasteiger partial charge >= 0.3 is 0 Å². The normalized spacial score (nSPS) is 20.7. The highest BCUT2D eigenvalue weighted by atomic mass is 16.5. The van der Waals surface area contributed by atoms with Crippen LogP contribution in [0.4, 0.5) is 5.69 Å². The van der Waals surface area contributed by atoms with Gasteiger partial charge in [-0.3, -0.25) is 4.79 Å². The molecule has 0 radical (unpaired) electrons. The number of carbonyl (C=O) groups is 1. The quantitative estimate of drug-likeness (QED) is 0.886. The highest BCUT2D eigenvalue weighted by Gasteiger charge is 2.29. The van der Waals surface area contributed by atoms with Gasteiger partial charge in [0, 0.05) is 31.2 Å². The molecule has 1 fully saturated rings. The first-order chi connectivity index (χ1) is 9.13. The monoisotopic (exact) mass is 263 g/mol. The van der Waals surface area contributed by atoms with Gasteiger partial charge in [0.1, 0.15) is 5.75 Å². The number of hydrogen-bond acceptors (Lipinski definition) is 3. The number of nitrogens with zero attached hydrogens (tertiary/aromatic N) is 1. The number of amides is 1. The summed E-state index contributed by atoms with van der Waals surface area (Å²) >= 11 is 0. The minimum atomic E-state index is 0.0588. The van der Waals surface area contributed by atoms with Gasteiger partial charge in [0.15, 0.2) is 0 Å². The summed E-state index contributed by atoms with van der Waals surface area (Å²) in [6.45, 7) is 4.78. The lowest BCUT2D eigenvalue weighted by Crippen LogP contribution is -2.24.